The quantitative estimate of drug-likeness (QED) is 0.816. The minimum Gasteiger partial charge on any atom is -0.436 e. The molecule has 2 rings (SSSR count). The molecule has 0 atom stereocenters. The van der Waals surface area contributed by atoms with E-state index in [9.17, 15) is 0 Å². The number of aryl methyl sites for hydroxylation is 1. The van der Waals surface area contributed by atoms with Crippen molar-refractivity contribution in [3.05, 3.63) is 46.3 Å². The van der Waals surface area contributed by atoms with Crippen molar-refractivity contribution in [2.75, 3.05) is 0 Å². The first-order chi connectivity index (χ1) is 7.66. The van der Waals surface area contributed by atoms with Gasteiger partial charge in [0.15, 0.2) is 5.15 Å². The van der Waals surface area contributed by atoms with E-state index in [0.717, 1.165) is 5.56 Å². The summed E-state index contributed by atoms with van der Waals surface area (Å²) in [6.45, 7) is 1.89. The summed E-state index contributed by atoms with van der Waals surface area (Å²) in [5.41, 5.74) is 0.911. The highest BCUT2D eigenvalue weighted by Crippen LogP contribution is 2.28. The monoisotopic (exact) mass is 254 g/mol. The van der Waals surface area contributed by atoms with Gasteiger partial charge < -0.3 is 4.74 Å². The molecule has 0 spiro atoms. The van der Waals surface area contributed by atoms with E-state index in [1.54, 1.807) is 18.2 Å². The van der Waals surface area contributed by atoms with E-state index < -0.39 is 0 Å². The Morgan fingerprint density at radius 2 is 1.88 bits per heavy atom. The Balaban J connectivity index is 2.31. The Kier molecular flexibility index (Phi) is 3.27. The van der Waals surface area contributed by atoms with Crippen molar-refractivity contribution in [2.24, 2.45) is 0 Å². The molecule has 0 saturated carbocycles. The summed E-state index contributed by atoms with van der Waals surface area (Å²) in [5, 5.41) is 0.895. The van der Waals surface area contributed by atoms with Crippen LogP contribution < -0.4 is 4.74 Å². The Morgan fingerprint density at radius 3 is 2.56 bits per heavy atom. The van der Waals surface area contributed by atoms with Gasteiger partial charge in [0.25, 0.3) is 5.88 Å². The summed E-state index contributed by atoms with van der Waals surface area (Å²) in [5.74, 6) is 0.946. The topological polar surface area (TPSA) is 35.0 Å². The van der Waals surface area contributed by atoms with Crippen LogP contribution in [0.5, 0.6) is 11.6 Å². The van der Waals surface area contributed by atoms with Gasteiger partial charge in [-0.1, -0.05) is 23.2 Å². The van der Waals surface area contributed by atoms with Gasteiger partial charge in [0.2, 0.25) is 0 Å². The van der Waals surface area contributed by atoms with Crippen LogP contribution in [0.2, 0.25) is 10.2 Å². The molecule has 0 bridgehead atoms. The summed E-state index contributed by atoms with van der Waals surface area (Å²) >= 11 is 11.7. The van der Waals surface area contributed by atoms with Crippen molar-refractivity contribution in [1.29, 1.82) is 0 Å². The van der Waals surface area contributed by atoms with E-state index in [0.29, 0.717) is 10.8 Å². The van der Waals surface area contributed by atoms with Crippen molar-refractivity contribution < 1.29 is 4.74 Å². The SMILES string of the molecule is Cc1cc(Cl)ccc1Oc1nccnc1Cl. The number of hydrogen-bond acceptors (Lipinski definition) is 3. The molecular formula is C11H8Cl2N2O. The van der Waals surface area contributed by atoms with Gasteiger partial charge in [0.1, 0.15) is 5.75 Å². The molecule has 2 aromatic rings. The smallest absolute Gasteiger partial charge is 0.257 e. The van der Waals surface area contributed by atoms with Gasteiger partial charge in [-0.3, -0.25) is 0 Å². The lowest BCUT2D eigenvalue weighted by atomic mass is 10.2. The number of benzene rings is 1. The Hall–Kier alpha value is -1.32. The number of halogens is 2. The van der Waals surface area contributed by atoms with Crippen molar-refractivity contribution in [2.45, 2.75) is 6.92 Å². The maximum Gasteiger partial charge on any atom is 0.257 e. The van der Waals surface area contributed by atoms with Crippen LogP contribution in [0.1, 0.15) is 5.56 Å². The number of nitrogens with zero attached hydrogens (tertiary/aromatic N) is 2. The van der Waals surface area contributed by atoms with Gasteiger partial charge in [-0.25, -0.2) is 9.97 Å². The first kappa shape index (κ1) is 11.2. The molecule has 0 saturated heterocycles. The highest BCUT2D eigenvalue weighted by Gasteiger charge is 2.07. The summed E-state index contributed by atoms with van der Waals surface area (Å²) in [6, 6.07) is 5.32. The molecule has 0 aliphatic heterocycles. The van der Waals surface area contributed by atoms with E-state index in [2.05, 4.69) is 9.97 Å². The van der Waals surface area contributed by atoms with Crippen LogP contribution in [-0.2, 0) is 0 Å². The normalized spacial score (nSPS) is 10.2. The van der Waals surface area contributed by atoms with Crippen molar-refractivity contribution in [3.8, 4) is 11.6 Å². The third kappa shape index (κ3) is 2.43. The lowest BCUT2D eigenvalue weighted by molar-refractivity contribution is 0.457. The van der Waals surface area contributed by atoms with Crippen molar-refractivity contribution in [1.82, 2.24) is 9.97 Å². The molecule has 16 heavy (non-hydrogen) atoms. The van der Waals surface area contributed by atoms with Crippen molar-refractivity contribution >= 4 is 23.2 Å². The molecule has 0 fully saturated rings. The zero-order valence-electron chi connectivity index (χ0n) is 8.45. The number of ether oxygens (including phenoxy) is 1. The van der Waals surface area contributed by atoms with Gasteiger partial charge in [-0.2, -0.15) is 0 Å². The predicted octanol–water partition coefficient (Wildman–Crippen LogP) is 3.88. The average molecular weight is 255 g/mol. The molecule has 3 nitrogen and oxygen atoms in total. The number of hydrogen-bond donors (Lipinski definition) is 0. The molecule has 5 heteroatoms. The van der Waals surface area contributed by atoms with E-state index >= 15 is 0 Å². The third-order valence-electron chi connectivity index (χ3n) is 1.97. The summed E-state index contributed by atoms with van der Waals surface area (Å²) in [7, 11) is 0. The standard InChI is InChI=1S/C11H8Cl2N2O/c1-7-6-8(12)2-3-9(7)16-11-10(13)14-4-5-15-11/h2-6H,1H3. The summed E-state index contributed by atoms with van der Waals surface area (Å²) in [4.78, 5) is 7.86. The van der Waals surface area contributed by atoms with E-state index in [4.69, 9.17) is 27.9 Å². The summed E-state index contributed by atoms with van der Waals surface area (Å²) in [6.07, 6.45) is 3.02. The predicted molar refractivity (Wildman–Crippen MR) is 63.3 cm³/mol. The molecule has 1 aromatic carbocycles. The highest BCUT2D eigenvalue weighted by atomic mass is 35.5. The van der Waals surface area contributed by atoms with Gasteiger partial charge in [0.05, 0.1) is 0 Å². The zero-order valence-corrected chi connectivity index (χ0v) is 9.96. The molecule has 0 unspecified atom stereocenters. The van der Waals surface area contributed by atoms with Crippen LogP contribution >= 0.6 is 23.2 Å². The zero-order chi connectivity index (χ0) is 11.5. The molecule has 0 aliphatic carbocycles. The van der Waals surface area contributed by atoms with Gasteiger partial charge in [-0.15, -0.1) is 0 Å². The average Bonchev–Trinajstić information content (AvgIpc) is 2.25. The molecule has 0 N–H and O–H groups in total. The molecule has 1 aromatic heterocycles. The Bertz CT molecular complexity index is 517. The lowest BCUT2D eigenvalue weighted by Gasteiger charge is -2.08. The molecular weight excluding hydrogens is 247 g/mol. The first-order valence-electron chi connectivity index (χ1n) is 4.57. The molecule has 1 heterocycles. The minimum atomic E-state index is 0.233. The second kappa shape index (κ2) is 4.68. The third-order valence-corrected chi connectivity index (χ3v) is 2.46. The Labute approximate surface area is 103 Å². The lowest BCUT2D eigenvalue weighted by Crippen LogP contribution is -1.92. The maximum absolute atomic E-state index is 5.84. The fraction of sp³-hybridized carbons (Fsp3) is 0.0909. The fourth-order valence-corrected chi connectivity index (χ4v) is 1.58. The molecule has 82 valence electrons. The van der Waals surface area contributed by atoms with Gasteiger partial charge >= 0.3 is 0 Å². The van der Waals surface area contributed by atoms with E-state index in [-0.39, 0.29) is 11.0 Å². The largest absolute Gasteiger partial charge is 0.436 e. The highest BCUT2D eigenvalue weighted by molar-refractivity contribution is 6.31. The number of rotatable bonds is 2. The van der Waals surface area contributed by atoms with Crippen LogP contribution in [0.25, 0.3) is 0 Å². The molecule has 0 amide bonds. The van der Waals surface area contributed by atoms with Crippen LogP contribution in [0, 0.1) is 6.92 Å². The van der Waals surface area contributed by atoms with Crippen LogP contribution in [-0.4, -0.2) is 9.97 Å². The van der Waals surface area contributed by atoms with Crippen LogP contribution in [0.3, 0.4) is 0 Å². The van der Waals surface area contributed by atoms with E-state index in [1.165, 1.54) is 12.4 Å². The minimum absolute atomic E-state index is 0.233. The second-order valence-electron chi connectivity index (χ2n) is 3.16. The molecule has 0 radical (unpaired) electrons. The summed E-state index contributed by atoms with van der Waals surface area (Å²) < 4.78 is 5.53. The maximum atomic E-state index is 5.84. The number of aromatic nitrogens is 2. The first-order valence-corrected chi connectivity index (χ1v) is 5.33. The van der Waals surface area contributed by atoms with Gasteiger partial charge in [-0.05, 0) is 30.7 Å². The Morgan fingerprint density at radius 1 is 1.12 bits per heavy atom. The van der Waals surface area contributed by atoms with Crippen molar-refractivity contribution in [3.63, 3.8) is 0 Å². The van der Waals surface area contributed by atoms with Crippen LogP contribution in [0.15, 0.2) is 30.6 Å². The second-order valence-corrected chi connectivity index (χ2v) is 3.96. The van der Waals surface area contributed by atoms with Crippen LogP contribution in [0.4, 0.5) is 0 Å². The fourth-order valence-electron chi connectivity index (χ4n) is 1.21. The van der Waals surface area contributed by atoms with E-state index in [1.807, 2.05) is 6.92 Å². The molecule has 0 aliphatic rings. The van der Waals surface area contributed by atoms with Gasteiger partial charge in [0, 0.05) is 17.4 Å².